The van der Waals surface area contributed by atoms with E-state index in [9.17, 15) is 4.79 Å². The van der Waals surface area contributed by atoms with Gasteiger partial charge in [-0.25, -0.2) is 0 Å². The van der Waals surface area contributed by atoms with Crippen LogP contribution in [0.1, 0.15) is 40.5 Å². The van der Waals surface area contributed by atoms with E-state index in [2.05, 4.69) is 13.8 Å². The van der Waals surface area contributed by atoms with E-state index in [4.69, 9.17) is 9.84 Å². The van der Waals surface area contributed by atoms with Crippen molar-refractivity contribution in [1.29, 1.82) is 0 Å². The summed E-state index contributed by atoms with van der Waals surface area (Å²) in [5.41, 5.74) is 0. The maximum Gasteiger partial charge on any atom is 0.306 e. The summed E-state index contributed by atoms with van der Waals surface area (Å²) >= 11 is 0. The standard InChI is InChI=1S/C12H24O3/c1-9(2)5-7-15-8-6-11(10(3)4)12(13)14/h9-11H,5-8H2,1-4H3,(H,13,14). The van der Waals surface area contributed by atoms with Crippen molar-refractivity contribution in [2.75, 3.05) is 13.2 Å². The molecule has 3 nitrogen and oxygen atoms in total. The molecule has 0 radical (unpaired) electrons. The number of hydrogen-bond acceptors (Lipinski definition) is 2. The molecule has 0 fully saturated rings. The summed E-state index contributed by atoms with van der Waals surface area (Å²) in [7, 11) is 0. The number of aliphatic carboxylic acids is 1. The van der Waals surface area contributed by atoms with Crippen molar-refractivity contribution in [3.05, 3.63) is 0 Å². The van der Waals surface area contributed by atoms with Gasteiger partial charge < -0.3 is 9.84 Å². The van der Waals surface area contributed by atoms with Crippen LogP contribution >= 0.6 is 0 Å². The number of hydrogen-bond donors (Lipinski definition) is 1. The first-order valence-corrected chi connectivity index (χ1v) is 5.75. The van der Waals surface area contributed by atoms with Gasteiger partial charge in [-0.15, -0.1) is 0 Å². The van der Waals surface area contributed by atoms with Crippen LogP contribution in [0.2, 0.25) is 0 Å². The van der Waals surface area contributed by atoms with Gasteiger partial charge in [-0.1, -0.05) is 27.7 Å². The van der Waals surface area contributed by atoms with Gasteiger partial charge in [0.15, 0.2) is 0 Å². The van der Waals surface area contributed by atoms with E-state index in [1.54, 1.807) is 0 Å². The highest BCUT2D eigenvalue weighted by atomic mass is 16.5. The Morgan fingerprint density at radius 3 is 2.07 bits per heavy atom. The van der Waals surface area contributed by atoms with E-state index in [0.717, 1.165) is 13.0 Å². The second kappa shape index (κ2) is 7.69. The topological polar surface area (TPSA) is 46.5 Å². The summed E-state index contributed by atoms with van der Waals surface area (Å²) in [6.45, 7) is 9.47. The Morgan fingerprint density at radius 1 is 1.13 bits per heavy atom. The third-order valence-electron chi connectivity index (χ3n) is 2.53. The van der Waals surface area contributed by atoms with Gasteiger partial charge in [-0.05, 0) is 24.7 Å². The second-order valence-electron chi connectivity index (χ2n) is 4.77. The van der Waals surface area contributed by atoms with Gasteiger partial charge in [0, 0.05) is 13.2 Å². The molecule has 0 rings (SSSR count). The molecule has 90 valence electrons. The lowest BCUT2D eigenvalue weighted by molar-refractivity contribution is -0.144. The number of carboxylic acid groups (broad SMARTS) is 1. The van der Waals surface area contributed by atoms with Crippen LogP contribution in [0.25, 0.3) is 0 Å². The summed E-state index contributed by atoms with van der Waals surface area (Å²) in [6, 6.07) is 0. The van der Waals surface area contributed by atoms with Gasteiger partial charge in [0.2, 0.25) is 0 Å². The Hall–Kier alpha value is -0.570. The smallest absolute Gasteiger partial charge is 0.306 e. The monoisotopic (exact) mass is 216 g/mol. The highest BCUT2D eigenvalue weighted by Crippen LogP contribution is 2.15. The second-order valence-corrected chi connectivity index (χ2v) is 4.77. The number of rotatable bonds is 8. The first-order valence-electron chi connectivity index (χ1n) is 5.75. The van der Waals surface area contributed by atoms with E-state index >= 15 is 0 Å². The van der Waals surface area contributed by atoms with Crippen LogP contribution in [-0.2, 0) is 9.53 Å². The van der Waals surface area contributed by atoms with Crippen molar-refractivity contribution < 1.29 is 14.6 Å². The first-order chi connectivity index (χ1) is 6.95. The van der Waals surface area contributed by atoms with Crippen LogP contribution in [0.15, 0.2) is 0 Å². The average molecular weight is 216 g/mol. The fraction of sp³-hybridized carbons (Fsp3) is 0.917. The van der Waals surface area contributed by atoms with E-state index in [1.807, 2.05) is 13.8 Å². The number of carboxylic acids is 1. The Bertz CT molecular complexity index is 176. The maximum atomic E-state index is 10.9. The van der Waals surface area contributed by atoms with Gasteiger partial charge in [0.25, 0.3) is 0 Å². The zero-order valence-corrected chi connectivity index (χ0v) is 10.3. The molecule has 0 saturated heterocycles. The molecule has 1 atom stereocenters. The van der Waals surface area contributed by atoms with Crippen LogP contribution in [0, 0.1) is 17.8 Å². The molecule has 0 aliphatic heterocycles. The lowest BCUT2D eigenvalue weighted by Gasteiger charge is -2.16. The number of ether oxygens (including phenoxy) is 1. The largest absolute Gasteiger partial charge is 0.481 e. The van der Waals surface area contributed by atoms with Crippen molar-refractivity contribution in [2.24, 2.45) is 17.8 Å². The maximum absolute atomic E-state index is 10.9. The molecule has 0 spiro atoms. The van der Waals surface area contributed by atoms with Crippen molar-refractivity contribution in [1.82, 2.24) is 0 Å². The van der Waals surface area contributed by atoms with E-state index in [0.29, 0.717) is 18.9 Å². The van der Waals surface area contributed by atoms with Gasteiger partial charge in [0.05, 0.1) is 5.92 Å². The van der Waals surface area contributed by atoms with Crippen LogP contribution in [-0.4, -0.2) is 24.3 Å². The molecule has 0 aromatic rings. The molecule has 0 bridgehead atoms. The minimum absolute atomic E-state index is 0.177. The summed E-state index contributed by atoms with van der Waals surface area (Å²) in [4.78, 5) is 10.9. The SMILES string of the molecule is CC(C)CCOCCC(C(=O)O)C(C)C. The Morgan fingerprint density at radius 2 is 1.67 bits per heavy atom. The Kier molecular flexibility index (Phi) is 7.39. The molecular formula is C12H24O3. The molecule has 0 saturated carbocycles. The van der Waals surface area contributed by atoms with E-state index in [1.165, 1.54) is 0 Å². The molecular weight excluding hydrogens is 192 g/mol. The lowest BCUT2D eigenvalue weighted by Crippen LogP contribution is -2.21. The van der Waals surface area contributed by atoms with Gasteiger partial charge in [0.1, 0.15) is 0 Å². The molecule has 0 aromatic carbocycles. The van der Waals surface area contributed by atoms with Crippen molar-refractivity contribution in [2.45, 2.75) is 40.5 Å². The molecule has 15 heavy (non-hydrogen) atoms. The normalized spacial score (nSPS) is 13.5. The lowest BCUT2D eigenvalue weighted by atomic mass is 9.93. The third kappa shape index (κ3) is 7.37. The minimum Gasteiger partial charge on any atom is -0.481 e. The molecule has 3 heteroatoms. The predicted octanol–water partition coefficient (Wildman–Crippen LogP) is 2.80. The molecule has 1 N–H and O–H groups in total. The van der Waals surface area contributed by atoms with Crippen molar-refractivity contribution >= 4 is 5.97 Å². The summed E-state index contributed by atoms with van der Waals surface area (Å²) in [6.07, 6.45) is 1.66. The fourth-order valence-electron chi connectivity index (χ4n) is 1.37. The number of carbonyl (C=O) groups is 1. The van der Waals surface area contributed by atoms with Crippen LogP contribution in [0.4, 0.5) is 0 Å². The van der Waals surface area contributed by atoms with Crippen LogP contribution in [0.3, 0.4) is 0 Å². The van der Waals surface area contributed by atoms with Gasteiger partial charge in [-0.3, -0.25) is 4.79 Å². The summed E-state index contributed by atoms with van der Waals surface area (Å²) in [5.74, 6) is -0.164. The Balaban J connectivity index is 3.59. The minimum atomic E-state index is -0.711. The summed E-state index contributed by atoms with van der Waals surface area (Å²) in [5, 5.41) is 8.93. The van der Waals surface area contributed by atoms with Crippen molar-refractivity contribution in [3.8, 4) is 0 Å². The van der Waals surface area contributed by atoms with Gasteiger partial charge in [-0.2, -0.15) is 0 Å². The van der Waals surface area contributed by atoms with E-state index < -0.39 is 5.97 Å². The first kappa shape index (κ1) is 14.4. The molecule has 0 amide bonds. The fourth-order valence-corrected chi connectivity index (χ4v) is 1.37. The predicted molar refractivity (Wildman–Crippen MR) is 60.9 cm³/mol. The quantitative estimate of drug-likeness (QED) is 0.635. The Labute approximate surface area is 92.8 Å². The molecule has 1 unspecified atom stereocenters. The summed E-state index contributed by atoms with van der Waals surface area (Å²) < 4.78 is 5.41. The third-order valence-corrected chi connectivity index (χ3v) is 2.53. The highest BCUT2D eigenvalue weighted by molar-refractivity contribution is 5.70. The zero-order valence-electron chi connectivity index (χ0n) is 10.3. The van der Waals surface area contributed by atoms with Crippen LogP contribution in [0.5, 0.6) is 0 Å². The highest BCUT2D eigenvalue weighted by Gasteiger charge is 2.20. The van der Waals surface area contributed by atoms with E-state index in [-0.39, 0.29) is 11.8 Å². The molecule has 0 aromatic heterocycles. The van der Waals surface area contributed by atoms with Crippen molar-refractivity contribution in [3.63, 3.8) is 0 Å². The van der Waals surface area contributed by atoms with Crippen LogP contribution < -0.4 is 0 Å². The molecule has 0 heterocycles. The van der Waals surface area contributed by atoms with Gasteiger partial charge >= 0.3 is 5.97 Å². The zero-order chi connectivity index (χ0) is 11.8. The average Bonchev–Trinajstić information content (AvgIpc) is 2.08. The molecule has 0 aliphatic carbocycles. The molecule has 0 aliphatic rings.